The number of carbonyl (C=O) groups is 2. The largest absolute Gasteiger partial charge is 0.497 e. The van der Waals surface area contributed by atoms with Gasteiger partial charge in [-0.2, -0.15) is 5.10 Å². The molecule has 0 N–H and O–H groups in total. The molecule has 2 aliphatic heterocycles. The van der Waals surface area contributed by atoms with Crippen LogP contribution in [0.4, 0.5) is 0 Å². The van der Waals surface area contributed by atoms with Gasteiger partial charge in [-0.25, -0.2) is 0 Å². The minimum atomic E-state index is 0.00174. The first kappa shape index (κ1) is 18.5. The zero-order valence-corrected chi connectivity index (χ0v) is 16.5. The fraction of sp³-hybridized carbons (Fsp3) is 0.476. The van der Waals surface area contributed by atoms with Gasteiger partial charge in [-0.1, -0.05) is 12.1 Å². The molecule has 0 atom stereocenters. The van der Waals surface area contributed by atoms with Crippen molar-refractivity contribution in [1.29, 1.82) is 0 Å². The number of methoxy groups -OCH3 is 1. The van der Waals surface area contributed by atoms with Crippen LogP contribution in [0.1, 0.15) is 46.6 Å². The van der Waals surface area contributed by atoms with Gasteiger partial charge in [0.2, 0.25) is 5.91 Å². The highest BCUT2D eigenvalue weighted by Crippen LogP contribution is 2.28. The maximum Gasteiger partial charge on any atom is 0.274 e. The Labute approximate surface area is 164 Å². The lowest BCUT2D eigenvalue weighted by Gasteiger charge is -2.17. The van der Waals surface area contributed by atoms with Gasteiger partial charge in [0, 0.05) is 32.1 Å². The maximum absolute atomic E-state index is 12.8. The zero-order valence-electron chi connectivity index (χ0n) is 16.5. The van der Waals surface area contributed by atoms with E-state index in [-0.39, 0.29) is 11.8 Å². The number of carbonyl (C=O) groups excluding carboxylic acids is 2. The Balaban J connectivity index is 1.40. The number of fused-ring (bicyclic) bond motifs is 1. The van der Waals surface area contributed by atoms with Crippen molar-refractivity contribution < 1.29 is 14.3 Å². The molecule has 1 aromatic carbocycles. The van der Waals surface area contributed by atoms with E-state index in [2.05, 4.69) is 5.10 Å². The number of hydrogen-bond donors (Lipinski definition) is 0. The van der Waals surface area contributed by atoms with Crippen LogP contribution in [-0.2, 0) is 31.4 Å². The van der Waals surface area contributed by atoms with Gasteiger partial charge in [0.1, 0.15) is 5.75 Å². The highest BCUT2D eigenvalue weighted by atomic mass is 16.5. The third-order valence-electron chi connectivity index (χ3n) is 5.70. The Morgan fingerprint density at radius 1 is 1.07 bits per heavy atom. The number of benzene rings is 1. The van der Waals surface area contributed by atoms with Crippen LogP contribution in [0.25, 0.3) is 0 Å². The van der Waals surface area contributed by atoms with Gasteiger partial charge in [0.15, 0.2) is 5.69 Å². The first-order valence-corrected chi connectivity index (χ1v) is 9.81. The number of aromatic nitrogens is 2. The molecule has 7 heteroatoms. The zero-order chi connectivity index (χ0) is 19.7. The topological polar surface area (TPSA) is 67.7 Å². The molecule has 0 unspecified atom stereocenters. The summed E-state index contributed by atoms with van der Waals surface area (Å²) in [6, 6.07) is 7.80. The van der Waals surface area contributed by atoms with Gasteiger partial charge in [-0.15, -0.1) is 0 Å². The second-order valence-electron chi connectivity index (χ2n) is 7.49. The maximum atomic E-state index is 12.8. The fourth-order valence-electron chi connectivity index (χ4n) is 4.01. The van der Waals surface area contributed by atoms with Crippen molar-refractivity contribution in [3.05, 3.63) is 46.8 Å². The molecular weight excluding hydrogens is 356 g/mol. The molecule has 0 aliphatic carbocycles. The van der Waals surface area contributed by atoms with E-state index in [1.54, 1.807) is 11.8 Å². The molecule has 1 saturated heterocycles. The molecule has 0 saturated carbocycles. The van der Waals surface area contributed by atoms with Gasteiger partial charge < -0.3 is 14.5 Å². The Bertz CT molecular complexity index is 882. The van der Waals surface area contributed by atoms with E-state index in [4.69, 9.17) is 4.74 Å². The molecule has 28 heavy (non-hydrogen) atoms. The molecule has 4 rings (SSSR count). The lowest BCUT2D eigenvalue weighted by Crippen LogP contribution is -2.30. The Morgan fingerprint density at radius 2 is 1.79 bits per heavy atom. The summed E-state index contributed by atoms with van der Waals surface area (Å²) in [4.78, 5) is 29.2. The van der Waals surface area contributed by atoms with Crippen molar-refractivity contribution in [2.75, 3.05) is 20.2 Å². The van der Waals surface area contributed by atoms with Crippen LogP contribution in [0.2, 0.25) is 0 Å². The first-order valence-electron chi connectivity index (χ1n) is 9.81. The van der Waals surface area contributed by atoms with Gasteiger partial charge in [0.05, 0.1) is 25.9 Å². The minimum Gasteiger partial charge on any atom is -0.497 e. The van der Waals surface area contributed by atoms with E-state index in [1.807, 2.05) is 41.1 Å². The predicted octanol–water partition coefficient (Wildman–Crippen LogP) is 2.14. The van der Waals surface area contributed by atoms with Crippen LogP contribution >= 0.6 is 0 Å². The van der Waals surface area contributed by atoms with E-state index in [1.165, 1.54) is 0 Å². The summed E-state index contributed by atoms with van der Waals surface area (Å²) in [5.74, 6) is 0.918. The fourth-order valence-corrected chi connectivity index (χ4v) is 4.01. The van der Waals surface area contributed by atoms with Crippen molar-refractivity contribution in [2.24, 2.45) is 7.05 Å². The number of likely N-dealkylation sites (tertiary alicyclic amines) is 1. The molecule has 2 amide bonds. The van der Waals surface area contributed by atoms with E-state index in [0.717, 1.165) is 48.5 Å². The van der Waals surface area contributed by atoms with Crippen molar-refractivity contribution in [2.45, 2.75) is 38.8 Å². The highest BCUT2D eigenvalue weighted by molar-refractivity contribution is 5.94. The standard InChI is InChI=1S/C21H26N4O3/c1-23-18-14-25(19(26)10-7-15-5-8-16(28-2)9-6-15)13-17(18)20(22-23)21(27)24-11-3-4-12-24/h5-6,8-9H,3-4,7,10-14H2,1-2H3. The van der Waals surface area contributed by atoms with E-state index in [0.29, 0.717) is 31.6 Å². The number of aryl methyl sites for hydroxylation is 2. The molecule has 148 valence electrons. The normalized spacial score (nSPS) is 15.8. The first-order chi connectivity index (χ1) is 13.6. The minimum absolute atomic E-state index is 0.00174. The van der Waals surface area contributed by atoms with Gasteiger partial charge in [-0.05, 0) is 37.0 Å². The SMILES string of the molecule is COc1ccc(CCC(=O)N2Cc3c(C(=O)N4CCCC4)nn(C)c3C2)cc1. The summed E-state index contributed by atoms with van der Waals surface area (Å²) < 4.78 is 6.93. The number of nitrogens with zero attached hydrogens (tertiary/aromatic N) is 4. The Kier molecular flexibility index (Phi) is 5.07. The van der Waals surface area contributed by atoms with E-state index >= 15 is 0 Å². The van der Waals surface area contributed by atoms with Crippen LogP contribution in [0, 0.1) is 0 Å². The molecule has 1 fully saturated rings. The van der Waals surface area contributed by atoms with Crippen LogP contribution in [-0.4, -0.2) is 51.6 Å². The summed E-state index contributed by atoms with van der Waals surface area (Å²) in [5.41, 5.74) is 3.51. The molecule has 2 aliphatic rings. The molecule has 0 spiro atoms. The van der Waals surface area contributed by atoms with Crippen molar-refractivity contribution in [1.82, 2.24) is 19.6 Å². The van der Waals surface area contributed by atoms with E-state index in [9.17, 15) is 9.59 Å². The highest BCUT2D eigenvalue weighted by Gasteiger charge is 2.33. The molecular formula is C21H26N4O3. The average molecular weight is 382 g/mol. The third-order valence-corrected chi connectivity index (χ3v) is 5.70. The summed E-state index contributed by atoms with van der Waals surface area (Å²) in [5, 5.41) is 4.46. The number of ether oxygens (including phenoxy) is 1. The van der Waals surface area contributed by atoms with Gasteiger partial charge in [-0.3, -0.25) is 14.3 Å². The van der Waals surface area contributed by atoms with Crippen molar-refractivity contribution in [3.63, 3.8) is 0 Å². The van der Waals surface area contributed by atoms with Crippen LogP contribution in [0.5, 0.6) is 5.75 Å². The second kappa shape index (κ2) is 7.66. The molecule has 1 aromatic heterocycles. The number of hydrogen-bond acceptors (Lipinski definition) is 4. The summed E-state index contributed by atoms with van der Waals surface area (Å²) in [6.07, 6.45) is 3.24. The van der Waals surface area contributed by atoms with Crippen LogP contribution in [0.15, 0.2) is 24.3 Å². The Morgan fingerprint density at radius 3 is 2.46 bits per heavy atom. The summed E-state index contributed by atoms with van der Waals surface area (Å²) in [6.45, 7) is 2.59. The predicted molar refractivity (Wildman–Crippen MR) is 104 cm³/mol. The smallest absolute Gasteiger partial charge is 0.274 e. The van der Waals surface area contributed by atoms with Gasteiger partial charge >= 0.3 is 0 Å². The van der Waals surface area contributed by atoms with Gasteiger partial charge in [0.25, 0.3) is 5.91 Å². The monoisotopic (exact) mass is 382 g/mol. The molecule has 0 radical (unpaired) electrons. The molecule has 3 heterocycles. The molecule has 2 aromatic rings. The van der Waals surface area contributed by atoms with Crippen LogP contribution < -0.4 is 4.74 Å². The third kappa shape index (κ3) is 3.48. The van der Waals surface area contributed by atoms with E-state index < -0.39 is 0 Å². The summed E-state index contributed by atoms with van der Waals surface area (Å²) in [7, 11) is 3.49. The molecule has 0 bridgehead atoms. The quantitative estimate of drug-likeness (QED) is 0.795. The lowest BCUT2D eigenvalue weighted by atomic mass is 10.1. The molecule has 7 nitrogen and oxygen atoms in total. The average Bonchev–Trinajstić information content (AvgIpc) is 3.44. The van der Waals surface area contributed by atoms with Crippen molar-refractivity contribution in [3.8, 4) is 5.75 Å². The summed E-state index contributed by atoms with van der Waals surface area (Å²) >= 11 is 0. The number of amides is 2. The Hall–Kier alpha value is -2.83. The second-order valence-corrected chi connectivity index (χ2v) is 7.49. The lowest BCUT2D eigenvalue weighted by molar-refractivity contribution is -0.131. The number of rotatable bonds is 5. The van der Waals surface area contributed by atoms with Crippen LogP contribution in [0.3, 0.4) is 0 Å². The van der Waals surface area contributed by atoms with Crippen molar-refractivity contribution >= 4 is 11.8 Å².